The lowest BCUT2D eigenvalue weighted by Gasteiger charge is -2.10. The molecule has 0 atom stereocenters. The molecule has 7 nitrogen and oxygen atoms in total. The fourth-order valence-corrected chi connectivity index (χ4v) is 4.06. The number of hydrogen-bond donors (Lipinski definition) is 1. The molecule has 31 heavy (non-hydrogen) atoms. The van der Waals surface area contributed by atoms with Gasteiger partial charge >= 0.3 is 0 Å². The summed E-state index contributed by atoms with van der Waals surface area (Å²) in [4.78, 5) is 29.5. The number of nitrogens with one attached hydrogen (secondary N) is 1. The van der Waals surface area contributed by atoms with Gasteiger partial charge in [0.05, 0.1) is 12.2 Å². The van der Waals surface area contributed by atoms with Gasteiger partial charge in [0.25, 0.3) is 11.5 Å². The predicted octanol–water partition coefficient (Wildman–Crippen LogP) is 3.78. The number of carbonyl (C=O) groups excluding carboxylic acids is 1. The van der Waals surface area contributed by atoms with E-state index in [-0.39, 0.29) is 24.6 Å². The molecule has 2 aromatic heterocycles. The van der Waals surface area contributed by atoms with Gasteiger partial charge in [-0.15, -0.1) is 0 Å². The lowest BCUT2D eigenvalue weighted by molar-refractivity contribution is -0.123. The molecule has 2 heterocycles. The SMILES string of the molecule is Cc1cccc(OCC(=O)NCc2cc(=O)n3nc(-c4cccc(Cl)c4)sc3n2)c1C. The van der Waals surface area contributed by atoms with Gasteiger partial charge in [-0.25, -0.2) is 4.98 Å². The second-order valence-corrected chi connectivity index (χ2v) is 8.35. The monoisotopic (exact) mass is 454 g/mol. The van der Waals surface area contributed by atoms with Gasteiger partial charge in [0.2, 0.25) is 4.96 Å². The summed E-state index contributed by atoms with van der Waals surface area (Å²) in [7, 11) is 0. The third-order valence-corrected chi connectivity index (χ3v) is 5.94. The molecule has 4 rings (SSSR count). The highest BCUT2D eigenvalue weighted by atomic mass is 35.5. The molecule has 0 spiro atoms. The predicted molar refractivity (Wildman–Crippen MR) is 121 cm³/mol. The van der Waals surface area contributed by atoms with E-state index in [4.69, 9.17) is 16.3 Å². The normalized spacial score (nSPS) is 10.9. The number of fused-ring (bicyclic) bond motifs is 1. The van der Waals surface area contributed by atoms with E-state index in [1.54, 1.807) is 12.1 Å². The highest BCUT2D eigenvalue weighted by Gasteiger charge is 2.12. The molecule has 0 unspecified atom stereocenters. The molecule has 0 aliphatic heterocycles. The Morgan fingerprint density at radius 1 is 1.19 bits per heavy atom. The first-order valence-electron chi connectivity index (χ1n) is 9.52. The van der Waals surface area contributed by atoms with Crippen LogP contribution in [0.25, 0.3) is 15.5 Å². The minimum atomic E-state index is -0.314. The third-order valence-electron chi connectivity index (χ3n) is 4.75. The molecule has 9 heteroatoms. The number of benzene rings is 2. The highest BCUT2D eigenvalue weighted by Crippen LogP contribution is 2.26. The van der Waals surface area contributed by atoms with Crippen molar-refractivity contribution in [1.29, 1.82) is 0 Å². The summed E-state index contributed by atoms with van der Waals surface area (Å²) in [6.07, 6.45) is 0. The van der Waals surface area contributed by atoms with Crippen molar-refractivity contribution >= 4 is 33.8 Å². The zero-order chi connectivity index (χ0) is 22.0. The Morgan fingerprint density at radius 2 is 2.00 bits per heavy atom. The van der Waals surface area contributed by atoms with Crippen molar-refractivity contribution in [3.05, 3.63) is 80.7 Å². The summed E-state index contributed by atoms with van der Waals surface area (Å²) in [5.74, 6) is 0.373. The molecule has 0 fully saturated rings. The van der Waals surface area contributed by atoms with Crippen LogP contribution in [-0.4, -0.2) is 27.1 Å². The zero-order valence-electron chi connectivity index (χ0n) is 16.9. The summed E-state index contributed by atoms with van der Waals surface area (Å²) < 4.78 is 6.85. The van der Waals surface area contributed by atoms with E-state index < -0.39 is 0 Å². The fourth-order valence-electron chi connectivity index (χ4n) is 2.95. The first-order valence-corrected chi connectivity index (χ1v) is 10.7. The molecule has 1 amide bonds. The Morgan fingerprint density at radius 3 is 2.81 bits per heavy atom. The van der Waals surface area contributed by atoms with Crippen molar-refractivity contribution in [2.45, 2.75) is 20.4 Å². The van der Waals surface area contributed by atoms with E-state index in [1.807, 2.05) is 44.2 Å². The van der Waals surface area contributed by atoms with Gasteiger partial charge < -0.3 is 10.1 Å². The number of nitrogens with zero attached hydrogens (tertiary/aromatic N) is 3. The quantitative estimate of drug-likeness (QED) is 0.479. The van der Waals surface area contributed by atoms with Gasteiger partial charge in [0.1, 0.15) is 10.8 Å². The van der Waals surface area contributed by atoms with Crippen LogP contribution in [-0.2, 0) is 11.3 Å². The largest absolute Gasteiger partial charge is 0.483 e. The molecule has 158 valence electrons. The maximum Gasteiger partial charge on any atom is 0.275 e. The number of rotatable bonds is 6. The Bertz CT molecular complexity index is 1330. The lowest BCUT2D eigenvalue weighted by Crippen LogP contribution is -2.29. The molecule has 0 saturated heterocycles. The number of aryl methyl sites for hydroxylation is 1. The molecule has 0 radical (unpaired) electrons. The number of halogens is 1. The van der Waals surface area contributed by atoms with Crippen molar-refractivity contribution in [3.8, 4) is 16.3 Å². The Kier molecular flexibility index (Phi) is 6.01. The number of aromatic nitrogens is 3. The maximum atomic E-state index is 12.4. The molecule has 0 aliphatic carbocycles. The minimum Gasteiger partial charge on any atom is -0.483 e. The lowest BCUT2D eigenvalue weighted by atomic mass is 10.1. The zero-order valence-corrected chi connectivity index (χ0v) is 18.5. The summed E-state index contributed by atoms with van der Waals surface area (Å²) >= 11 is 7.32. The second-order valence-electron chi connectivity index (χ2n) is 6.96. The molecule has 1 N–H and O–H groups in total. The van der Waals surface area contributed by atoms with Crippen LogP contribution >= 0.6 is 22.9 Å². The van der Waals surface area contributed by atoms with Crippen LogP contribution in [0.1, 0.15) is 16.8 Å². The number of ether oxygens (including phenoxy) is 1. The first-order chi connectivity index (χ1) is 14.9. The van der Waals surface area contributed by atoms with Crippen LogP contribution in [0, 0.1) is 13.8 Å². The van der Waals surface area contributed by atoms with Gasteiger partial charge in [0.15, 0.2) is 6.61 Å². The average molecular weight is 455 g/mol. The summed E-state index contributed by atoms with van der Waals surface area (Å²) in [6.45, 7) is 3.93. The van der Waals surface area contributed by atoms with Crippen LogP contribution < -0.4 is 15.6 Å². The molecule has 0 bridgehead atoms. The van der Waals surface area contributed by atoms with Crippen LogP contribution in [0.5, 0.6) is 5.75 Å². The van der Waals surface area contributed by atoms with Crippen LogP contribution in [0.15, 0.2) is 53.3 Å². The van der Waals surface area contributed by atoms with Crippen LogP contribution in [0.2, 0.25) is 5.02 Å². The van der Waals surface area contributed by atoms with Gasteiger partial charge in [-0.2, -0.15) is 9.61 Å². The van der Waals surface area contributed by atoms with Gasteiger partial charge in [-0.1, -0.05) is 47.2 Å². The highest BCUT2D eigenvalue weighted by molar-refractivity contribution is 7.19. The van der Waals surface area contributed by atoms with Gasteiger partial charge in [0, 0.05) is 16.7 Å². The van der Waals surface area contributed by atoms with E-state index >= 15 is 0 Å². The van der Waals surface area contributed by atoms with Crippen molar-refractivity contribution in [1.82, 2.24) is 19.9 Å². The molecule has 0 saturated carbocycles. The summed E-state index contributed by atoms with van der Waals surface area (Å²) in [6, 6.07) is 14.3. The van der Waals surface area contributed by atoms with E-state index in [0.717, 1.165) is 16.7 Å². The average Bonchev–Trinajstić information content (AvgIpc) is 3.18. The number of hydrogen-bond acceptors (Lipinski definition) is 6. The topological polar surface area (TPSA) is 85.6 Å². The molecular formula is C22H19ClN4O3S. The second kappa shape index (κ2) is 8.87. The molecule has 2 aromatic carbocycles. The van der Waals surface area contributed by atoms with E-state index in [9.17, 15) is 9.59 Å². The summed E-state index contributed by atoms with van der Waals surface area (Å²) in [5, 5.41) is 8.29. The number of amides is 1. The maximum absolute atomic E-state index is 12.4. The smallest absolute Gasteiger partial charge is 0.275 e. The van der Waals surface area contributed by atoms with Gasteiger partial charge in [-0.3, -0.25) is 9.59 Å². The molecule has 0 aliphatic rings. The fraction of sp³-hybridized carbons (Fsp3) is 0.182. The Hall–Kier alpha value is -3.23. The van der Waals surface area contributed by atoms with E-state index in [1.165, 1.54) is 21.9 Å². The minimum absolute atomic E-state index is 0.116. The van der Waals surface area contributed by atoms with Crippen molar-refractivity contribution < 1.29 is 9.53 Å². The Labute approximate surface area is 187 Å². The first kappa shape index (κ1) is 21.0. The Balaban J connectivity index is 1.44. The van der Waals surface area contributed by atoms with Crippen molar-refractivity contribution in [2.24, 2.45) is 0 Å². The van der Waals surface area contributed by atoms with Crippen LogP contribution in [0.3, 0.4) is 0 Å². The van der Waals surface area contributed by atoms with E-state index in [0.29, 0.717) is 26.4 Å². The standard InChI is InChI=1S/C22H19ClN4O3S/c1-13-5-3-8-18(14(13)2)30-12-19(28)24-11-17-10-20(29)27-22(25-17)31-21(26-27)15-6-4-7-16(23)9-15/h3-10H,11-12H2,1-2H3,(H,24,28). The summed E-state index contributed by atoms with van der Waals surface area (Å²) in [5.41, 5.74) is 3.03. The van der Waals surface area contributed by atoms with Gasteiger partial charge in [-0.05, 0) is 43.2 Å². The molecular weight excluding hydrogens is 436 g/mol. The number of carbonyl (C=O) groups is 1. The third kappa shape index (κ3) is 4.76. The van der Waals surface area contributed by atoms with Crippen molar-refractivity contribution in [2.75, 3.05) is 6.61 Å². The molecule has 4 aromatic rings. The van der Waals surface area contributed by atoms with Crippen LogP contribution in [0.4, 0.5) is 0 Å². The van der Waals surface area contributed by atoms with E-state index in [2.05, 4.69) is 15.4 Å². The van der Waals surface area contributed by atoms with Crippen molar-refractivity contribution in [3.63, 3.8) is 0 Å².